The second-order valence-corrected chi connectivity index (χ2v) is 8.80. The Balaban J connectivity index is 1.59. The SMILES string of the molecule is CCCc1ccc(C(F)(F)Oc2ccc(-c3ccc(-c4ccc(C(F)(F)F)c(F)c4)c(F)c3)c(F)c2)c(F)c1F. The van der Waals surface area contributed by atoms with Crippen molar-refractivity contribution >= 4 is 0 Å². The minimum absolute atomic E-state index is 0.0796. The van der Waals surface area contributed by atoms with Gasteiger partial charge in [-0.2, -0.15) is 22.0 Å². The molecule has 0 heterocycles. The molecule has 0 saturated carbocycles. The zero-order chi connectivity index (χ0) is 29.4. The summed E-state index contributed by atoms with van der Waals surface area (Å²) in [5.41, 5.74) is -3.80. The standard InChI is InChI=1S/C29H18F10O/c1-2-3-15-5-11-22(27(34)26(15)33)29(38,39)40-18-7-9-20(24(31)14-18)16-4-8-19(23(30)12-16)17-6-10-21(25(32)13-17)28(35,36)37/h4-14H,2-3H2,1H3. The molecule has 210 valence electrons. The lowest BCUT2D eigenvalue weighted by molar-refractivity contribution is -0.187. The summed E-state index contributed by atoms with van der Waals surface area (Å²) in [6.07, 6.45) is -8.72. The first-order valence-corrected chi connectivity index (χ1v) is 11.7. The van der Waals surface area contributed by atoms with Gasteiger partial charge < -0.3 is 4.74 Å². The summed E-state index contributed by atoms with van der Waals surface area (Å²) in [4.78, 5) is 0. The van der Waals surface area contributed by atoms with Crippen LogP contribution in [0.25, 0.3) is 22.3 Å². The van der Waals surface area contributed by atoms with Crippen LogP contribution in [0.1, 0.15) is 30.0 Å². The zero-order valence-electron chi connectivity index (χ0n) is 20.5. The fourth-order valence-corrected chi connectivity index (χ4v) is 4.10. The molecule has 4 rings (SSSR count). The first-order chi connectivity index (χ1) is 18.7. The second kappa shape index (κ2) is 10.9. The Morgan fingerprint density at radius 1 is 0.600 bits per heavy atom. The molecule has 0 saturated heterocycles. The highest BCUT2D eigenvalue weighted by Crippen LogP contribution is 2.38. The summed E-state index contributed by atoms with van der Waals surface area (Å²) in [5, 5.41) is 0. The maximum Gasteiger partial charge on any atom is 0.429 e. The van der Waals surface area contributed by atoms with Crippen LogP contribution in [0.5, 0.6) is 5.75 Å². The van der Waals surface area contributed by atoms with Crippen molar-refractivity contribution < 1.29 is 48.6 Å². The Kier molecular flexibility index (Phi) is 7.87. The monoisotopic (exact) mass is 572 g/mol. The lowest BCUT2D eigenvalue weighted by Gasteiger charge is -2.20. The first kappa shape index (κ1) is 29.0. The number of aryl methyl sites for hydroxylation is 1. The van der Waals surface area contributed by atoms with Crippen LogP contribution in [0.15, 0.2) is 66.7 Å². The van der Waals surface area contributed by atoms with E-state index in [-0.39, 0.29) is 34.2 Å². The molecule has 11 heteroatoms. The number of alkyl halides is 5. The van der Waals surface area contributed by atoms with Crippen molar-refractivity contribution in [1.29, 1.82) is 0 Å². The van der Waals surface area contributed by atoms with Gasteiger partial charge in [-0.05, 0) is 59.5 Å². The van der Waals surface area contributed by atoms with Gasteiger partial charge in [0.1, 0.15) is 28.8 Å². The van der Waals surface area contributed by atoms with Gasteiger partial charge in [0.2, 0.25) is 0 Å². The lowest BCUT2D eigenvalue weighted by Crippen LogP contribution is -2.24. The number of benzene rings is 4. The van der Waals surface area contributed by atoms with Crippen LogP contribution in [0.3, 0.4) is 0 Å². The topological polar surface area (TPSA) is 9.23 Å². The number of halogens is 10. The van der Waals surface area contributed by atoms with Crippen molar-refractivity contribution in [1.82, 2.24) is 0 Å². The van der Waals surface area contributed by atoms with Gasteiger partial charge in [-0.25, -0.2) is 22.0 Å². The predicted molar refractivity (Wildman–Crippen MR) is 127 cm³/mol. The molecule has 0 spiro atoms. The van der Waals surface area contributed by atoms with Gasteiger partial charge in [-0.15, -0.1) is 0 Å². The van der Waals surface area contributed by atoms with Crippen LogP contribution in [0.2, 0.25) is 0 Å². The Morgan fingerprint density at radius 2 is 1.15 bits per heavy atom. The van der Waals surface area contributed by atoms with Crippen molar-refractivity contribution in [3.8, 4) is 28.0 Å². The average molecular weight is 572 g/mol. The van der Waals surface area contributed by atoms with E-state index in [0.29, 0.717) is 30.7 Å². The predicted octanol–water partition coefficient (Wildman–Crippen LogP) is 9.82. The third-order valence-electron chi connectivity index (χ3n) is 6.05. The van der Waals surface area contributed by atoms with Crippen molar-refractivity contribution in [2.24, 2.45) is 0 Å². The van der Waals surface area contributed by atoms with Gasteiger partial charge in [-0.1, -0.05) is 37.6 Å². The Labute approximate surface area is 221 Å². The van der Waals surface area contributed by atoms with Crippen LogP contribution < -0.4 is 4.74 Å². The highest BCUT2D eigenvalue weighted by atomic mass is 19.4. The van der Waals surface area contributed by atoms with Gasteiger partial charge in [0, 0.05) is 17.2 Å². The molecular weight excluding hydrogens is 554 g/mol. The Bertz CT molecular complexity index is 1560. The van der Waals surface area contributed by atoms with Gasteiger partial charge in [-0.3, -0.25) is 0 Å². The molecule has 0 aliphatic heterocycles. The minimum atomic E-state index is -4.94. The summed E-state index contributed by atoms with van der Waals surface area (Å²) < 4.78 is 144. The summed E-state index contributed by atoms with van der Waals surface area (Å²) in [5.74, 6) is -7.73. The largest absolute Gasteiger partial charge is 0.429 e. The van der Waals surface area contributed by atoms with E-state index in [1.807, 2.05) is 0 Å². The molecule has 0 aliphatic carbocycles. The van der Waals surface area contributed by atoms with E-state index in [0.717, 1.165) is 36.4 Å². The minimum Gasteiger partial charge on any atom is -0.429 e. The molecule has 0 amide bonds. The second-order valence-electron chi connectivity index (χ2n) is 8.80. The maximum absolute atomic E-state index is 14.8. The molecule has 0 aromatic heterocycles. The van der Waals surface area contributed by atoms with E-state index in [2.05, 4.69) is 4.74 Å². The van der Waals surface area contributed by atoms with Crippen molar-refractivity contribution in [3.05, 3.63) is 113 Å². The van der Waals surface area contributed by atoms with E-state index in [1.54, 1.807) is 6.92 Å². The Hall–Kier alpha value is -4.02. The van der Waals surface area contributed by atoms with Crippen LogP contribution in [-0.4, -0.2) is 0 Å². The molecule has 0 bridgehead atoms. The molecule has 40 heavy (non-hydrogen) atoms. The molecule has 1 nitrogen and oxygen atoms in total. The summed E-state index contributed by atoms with van der Waals surface area (Å²) in [6.45, 7) is 1.70. The third-order valence-corrected chi connectivity index (χ3v) is 6.05. The van der Waals surface area contributed by atoms with Gasteiger partial charge in [0.05, 0.1) is 5.56 Å². The van der Waals surface area contributed by atoms with E-state index >= 15 is 0 Å². The summed E-state index contributed by atoms with van der Waals surface area (Å²) >= 11 is 0. The Morgan fingerprint density at radius 3 is 1.70 bits per heavy atom. The highest BCUT2D eigenvalue weighted by molar-refractivity contribution is 5.72. The molecule has 0 fully saturated rings. The summed E-state index contributed by atoms with van der Waals surface area (Å²) in [6, 6.07) is 9.08. The molecule has 4 aromatic rings. The fourth-order valence-electron chi connectivity index (χ4n) is 4.10. The van der Waals surface area contributed by atoms with Crippen molar-refractivity contribution in [2.75, 3.05) is 0 Å². The van der Waals surface area contributed by atoms with E-state index < -0.39 is 58.2 Å². The van der Waals surface area contributed by atoms with E-state index in [4.69, 9.17) is 0 Å². The average Bonchev–Trinajstić information content (AvgIpc) is 2.86. The maximum atomic E-state index is 14.8. The van der Waals surface area contributed by atoms with Crippen LogP contribution in [-0.2, 0) is 18.7 Å². The quantitative estimate of drug-likeness (QED) is 0.200. The first-order valence-electron chi connectivity index (χ1n) is 11.7. The number of hydrogen-bond donors (Lipinski definition) is 0. The van der Waals surface area contributed by atoms with Crippen molar-refractivity contribution in [3.63, 3.8) is 0 Å². The molecule has 0 aliphatic rings. The third kappa shape index (κ3) is 5.78. The van der Waals surface area contributed by atoms with Gasteiger partial charge in [0.25, 0.3) is 0 Å². The molecule has 0 N–H and O–H groups in total. The van der Waals surface area contributed by atoms with Crippen molar-refractivity contribution in [2.45, 2.75) is 32.1 Å². The summed E-state index contributed by atoms with van der Waals surface area (Å²) in [7, 11) is 0. The smallest absolute Gasteiger partial charge is 0.429 e. The van der Waals surface area contributed by atoms with Crippen LogP contribution in [0, 0.1) is 29.1 Å². The highest BCUT2D eigenvalue weighted by Gasteiger charge is 2.39. The van der Waals surface area contributed by atoms with Crippen LogP contribution >= 0.6 is 0 Å². The molecule has 0 radical (unpaired) electrons. The number of hydrogen-bond acceptors (Lipinski definition) is 1. The lowest BCUT2D eigenvalue weighted by atomic mass is 9.98. The number of ether oxygens (including phenoxy) is 1. The number of rotatable bonds is 7. The van der Waals surface area contributed by atoms with E-state index in [9.17, 15) is 43.9 Å². The van der Waals surface area contributed by atoms with Crippen LogP contribution in [0.4, 0.5) is 43.9 Å². The molecule has 0 atom stereocenters. The normalized spacial score (nSPS) is 12.1. The molecule has 4 aromatic carbocycles. The molecule has 0 unspecified atom stereocenters. The van der Waals surface area contributed by atoms with Gasteiger partial charge >= 0.3 is 12.3 Å². The van der Waals surface area contributed by atoms with Gasteiger partial charge in [0.15, 0.2) is 11.6 Å². The van der Waals surface area contributed by atoms with E-state index in [1.165, 1.54) is 6.07 Å². The zero-order valence-corrected chi connectivity index (χ0v) is 20.5. The molecular formula is C29H18F10O. The fraction of sp³-hybridized carbons (Fsp3) is 0.172.